The second-order valence-corrected chi connectivity index (χ2v) is 6.83. The highest BCUT2D eigenvalue weighted by molar-refractivity contribution is 6.06. The molecule has 1 amide bonds. The summed E-state index contributed by atoms with van der Waals surface area (Å²) < 4.78 is 7.46. The molecule has 4 rings (SSSR count). The summed E-state index contributed by atoms with van der Waals surface area (Å²) in [7, 11) is 1.92. The van der Waals surface area contributed by atoms with Gasteiger partial charge in [-0.05, 0) is 43.9 Å². The maximum absolute atomic E-state index is 13.3. The molecule has 130 valence electrons. The van der Waals surface area contributed by atoms with Gasteiger partial charge in [0.25, 0.3) is 5.91 Å². The lowest BCUT2D eigenvalue weighted by Gasteiger charge is -2.24. The molecule has 0 bridgehead atoms. The average molecular weight is 337 g/mol. The van der Waals surface area contributed by atoms with Crippen LogP contribution in [0, 0.1) is 6.92 Å². The van der Waals surface area contributed by atoms with Gasteiger partial charge >= 0.3 is 0 Å². The van der Waals surface area contributed by atoms with Crippen LogP contribution in [0.1, 0.15) is 53.0 Å². The minimum atomic E-state index is 0.0535. The molecule has 1 atom stereocenters. The van der Waals surface area contributed by atoms with Crippen molar-refractivity contribution in [1.82, 2.24) is 14.7 Å². The lowest BCUT2D eigenvalue weighted by atomic mass is 10.0. The van der Waals surface area contributed by atoms with Gasteiger partial charge < -0.3 is 9.32 Å². The molecule has 1 aromatic carbocycles. The Bertz CT molecular complexity index is 938. The molecule has 1 saturated heterocycles. The van der Waals surface area contributed by atoms with E-state index in [2.05, 4.69) is 24.2 Å². The number of aromatic nitrogens is 2. The molecule has 1 aliphatic rings. The predicted molar refractivity (Wildman–Crippen MR) is 96.5 cm³/mol. The van der Waals surface area contributed by atoms with Crippen LogP contribution < -0.4 is 0 Å². The van der Waals surface area contributed by atoms with Crippen molar-refractivity contribution in [3.8, 4) is 0 Å². The first kappa shape index (κ1) is 15.9. The molecular formula is C20H23N3O2. The largest absolute Gasteiger partial charge is 0.463 e. The second kappa shape index (κ2) is 6.06. The highest BCUT2D eigenvalue weighted by Gasteiger charge is 2.33. The van der Waals surface area contributed by atoms with Crippen molar-refractivity contribution in [3.05, 3.63) is 53.0 Å². The first-order valence-electron chi connectivity index (χ1n) is 8.89. The van der Waals surface area contributed by atoms with Crippen molar-refractivity contribution in [3.63, 3.8) is 0 Å². The summed E-state index contributed by atoms with van der Waals surface area (Å²) in [5.41, 5.74) is 4.80. The van der Waals surface area contributed by atoms with Gasteiger partial charge in [-0.25, -0.2) is 0 Å². The molecule has 0 spiro atoms. The summed E-state index contributed by atoms with van der Waals surface area (Å²) in [5, 5.41) is 5.36. The Labute approximate surface area is 147 Å². The topological polar surface area (TPSA) is 51.3 Å². The summed E-state index contributed by atoms with van der Waals surface area (Å²) in [5.74, 6) is 0.0535. The number of carbonyl (C=O) groups is 1. The second-order valence-electron chi connectivity index (χ2n) is 6.83. The van der Waals surface area contributed by atoms with E-state index in [1.807, 2.05) is 35.8 Å². The van der Waals surface area contributed by atoms with Gasteiger partial charge in [-0.15, -0.1) is 0 Å². The third-order valence-corrected chi connectivity index (χ3v) is 5.20. The molecule has 3 aromatic rings. The van der Waals surface area contributed by atoms with Crippen molar-refractivity contribution in [2.45, 2.75) is 39.2 Å². The van der Waals surface area contributed by atoms with Crippen LogP contribution in [0.2, 0.25) is 0 Å². The van der Waals surface area contributed by atoms with E-state index in [0.717, 1.165) is 48.0 Å². The van der Waals surface area contributed by atoms with Crippen LogP contribution in [0.15, 0.2) is 35.1 Å². The maximum atomic E-state index is 13.3. The standard InChI is InChI=1S/C20H23N3O2/c1-4-14-7-8-19-15(10-14)17(12-25-19)20(24)23-9-5-6-18(23)16-11-22(3)21-13(16)2/h7-8,10-12,18H,4-6,9H2,1-3H3. The van der Waals surface area contributed by atoms with Crippen molar-refractivity contribution in [1.29, 1.82) is 0 Å². The summed E-state index contributed by atoms with van der Waals surface area (Å²) in [6.45, 7) is 4.90. The van der Waals surface area contributed by atoms with E-state index in [4.69, 9.17) is 4.42 Å². The van der Waals surface area contributed by atoms with Gasteiger partial charge in [0.1, 0.15) is 11.8 Å². The van der Waals surface area contributed by atoms with Crippen molar-refractivity contribution < 1.29 is 9.21 Å². The Morgan fingerprint density at radius 3 is 2.96 bits per heavy atom. The van der Waals surface area contributed by atoms with Gasteiger partial charge in [-0.2, -0.15) is 5.10 Å². The van der Waals surface area contributed by atoms with Gasteiger partial charge in [-0.1, -0.05) is 13.0 Å². The van der Waals surface area contributed by atoms with Gasteiger partial charge in [0.2, 0.25) is 0 Å². The van der Waals surface area contributed by atoms with E-state index >= 15 is 0 Å². The number of aryl methyl sites for hydroxylation is 3. The van der Waals surface area contributed by atoms with E-state index in [-0.39, 0.29) is 11.9 Å². The Balaban J connectivity index is 1.71. The number of rotatable bonds is 3. The third kappa shape index (κ3) is 2.64. The molecule has 1 aliphatic heterocycles. The van der Waals surface area contributed by atoms with Crippen LogP contribution in [-0.4, -0.2) is 27.1 Å². The Morgan fingerprint density at radius 1 is 1.40 bits per heavy atom. The average Bonchev–Trinajstić information content (AvgIpc) is 3.31. The molecular weight excluding hydrogens is 314 g/mol. The number of fused-ring (bicyclic) bond motifs is 1. The number of likely N-dealkylation sites (tertiary alicyclic amines) is 1. The molecule has 1 fully saturated rings. The van der Waals surface area contributed by atoms with E-state index in [1.165, 1.54) is 5.56 Å². The van der Waals surface area contributed by atoms with Gasteiger partial charge in [-0.3, -0.25) is 9.48 Å². The van der Waals surface area contributed by atoms with E-state index in [1.54, 1.807) is 6.26 Å². The molecule has 0 aliphatic carbocycles. The zero-order valence-electron chi connectivity index (χ0n) is 15.0. The van der Waals surface area contributed by atoms with Crippen molar-refractivity contribution in [2.24, 2.45) is 7.05 Å². The minimum Gasteiger partial charge on any atom is -0.463 e. The lowest BCUT2D eigenvalue weighted by Crippen LogP contribution is -2.30. The van der Waals surface area contributed by atoms with Crippen LogP contribution in [0.25, 0.3) is 11.0 Å². The first-order valence-corrected chi connectivity index (χ1v) is 8.89. The summed E-state index contributed by atoms with van der Waals surface area (Å²) >= 11 is 0. The monoisotopic (exact) mass is 337 g/mol. The van der Waals surface area contributed by atoms with E-state index in [9.17, 15) is 4.79 Å². The number of nitrogens with zero attached hydrogens (tertiary/aromatic N) is 3. The molecule has 5 heteroatoms. The van der Waals surface area contributed by atoms with Crippen LogP contribution in [0.4, 0.5) is 0 Å². The molecule has 0 saturated carbocycles. The van der Waals surface area contributed by atoms with Gasteiger partial charge in [0, 0.05) is 30.7 Å². The number of hydrogen-bond acceptors (Lipinski definition) is 3. The minimum absolute atomic E-state index is 0.0535. The number of amides is 1. The molecule has 0 radical (unpaired) electrons. The summed E-state index contributed by atoms with van der Waals surface area (Å²) in [4.78, 5) is 15.2. The number of benzene rings is 1. The van der Waals surface area contributed by atoms with Crippen LogP contribution in [0.3, 0.4) is 0 Å². The molecule has 2 aromatic heterocycles. The van der Waals surface area contributed by atoms with Crippen LogP contribution in [0.5, 0.6) is 0 Å². The maximum Gasteiger partial charge on any atom is 0.258 e. The lowest BCUT2D eigenvalue weighted by molar-refractivity contribution is 0.0736. The van der Waals surface area contributed by atoms with Gasteiger partial charge in [0.05, 0.1) is 17.3 Å². The Morgan fingerprint density at radius 2 is 2.24 bits per heavy atom. The predicted octanol–water partition coefficient (Wildman–Crippen LogP) is 4.01. The fourth-order valence-corrected chi connectivity index (χ4v) is 3.89. The third-order valence-electron chi connectivity index (χ3n) is 5.20. The molecule has 3 heterocycles. The Kier molecular flexibility index (Phi) is 3.86. The van der Waals surface area contributed by atoms with Crippen LogP contribution >= 0.6 is 0 Å². The van der Waals surface area contributed by atoms with E-state index < -0.39 is 0 Å². The highest BCUT2D eigenvalue weighted by atomic mass is 16.3. The zero-order valence-corrected chi connectivity index (χ0v) is 15.0. The normalized spacial score (nSPS) is 17.6. The molecule has 0 N–H and O–H groups in total. The highest BCUT2D eigenvalue weighted by Crippen LogP contribution is 2.35. The van der Waals surface area contributed by atoms with Crippen molar-refractivity contribution >= 4 is 16.9 Å². The zero-order chi connectivity index (χ0) is 17.6. The summed E-state index contributed by atoms with van der Waals surface area (Å²) in [6.07, 6.45) is 6.58. The van der Waals surface area contributed by atoms with Crippen LogP contribution in [-0.2, 0) is 13.5 Å². The Hall–Kier alpha value is -2.56. The summed E-state index contributed by atoms with van der Waals surface area (Å²) in [6, 6.07) is 6.18. The first-order chi connectivity index (χ1) is 12.1. The number of furan rings is 1. The molecule has 5 nitrogen and oxygen atoms in total. The van der Waals surface area contributed by atoms with Gasteiger partial charge in [0.15, 0.2) is 0 Å². The smallest absolute Gasteiger partial charge is 0.258 e. The molecule has 1 unspecified atom stereocenters. The molecule has 25 heavy (non-hydrogen) atoms. The van der Waals surface area contributed by atoms with Crippen molar-refractivity contribution in [2.75, 3.05) is 6.54 Å². The fourth-order valence-electron chi connectivity index (χ4n) is 3.89. The SMILES string of the molecule is CCc1ccc2occ(C(=O)N3CCCC3c3cn(C)nc3C)c2c1. The number of hydrogen-bond donors (Lipinski definition) is 0. The quantitative estimate of drug-likeness (QED) is 0.725. The number of carbonyl (C=O) groups excluding carboxylic acids is 1. The fraction of sp³-hybridized carbons (Fsp3) is 0.400. The van der Waals surface area contributed by atoms with E-state index in [0.29, 0.717) is 5.56 Å².